The molecule has 1 amide bonds. The molecule has 2 atom stereocenters. The zero-order valence-corrected chi connectivity index (χ0v) is 23.6. The third kappa shape index (κ3) is 4.93. The van der Waals surface area contributed by atoms with Crippen LogP contribution in [0.25, 0.3) is 22.3 Å². The monoisotopic (exact) mass is 555 g/mol. The Morgan fingerprint density at radius 1 is 1.22 bits per heavy atom. The zero-order valence-electron chi connectivity index (χ0n) is 23.6. The third-order valence-electron chi connectivity index (χ3n) is 8.69. The van der Waals surface area contributed by atoms with E-state index in [9.17, 15) is 9.90 Å². The van der Waals surface area contributed by atoms with Gasteiger partial charge in [-0.25, -0.2) is 4.39 Å². The lowest BCUT2D eigenvalue weighted by atomic mass is 9.66. The highest BCUT2D eigenvalue weighted by Gasteiger charge is 2.50. The molecule has 212 valence electrons. The van der Waals surface area contributed by atoms with Gasteiger partial charge in [0.2, 0.25) is 17.6 Å². The predicted octanol–water partition coefficient (Wildman–Crippen LogP) is 5.36. The summed E-state index contributed by atoms with van der Waals surface area (Å²) in [6.07, 6.45) is 3.30. The van der Waals surface area contributed by atoms with Crippen LogP contribution in [0.3, 0.4) is 0 Å². The number of carbonyl (C=O) groups is 1. The van der Waals surface area contributed by atoms with Gasteiger partial charge in [0.05, 0.1) is 17.0 Å². The Bertz CT molecular complexity index is 1650. The van der Waals surface area contributed by atoms with Crippen LogP contribution >= 0.6 is 0 Å². The van der Waals surface area contributed by atoms with Crippen molar-refractivity contribution in [1.29, 1.82) is 0 Å². The Labute approximate surface area is 238 Å². The molecular formula is C32H34FN5O3. The first-order valence-electron chi connectivity index (χ1n) is 14.0. The molecule has 9 heteroatoms. The molecule has 2 aliphatic rings. The molecule has 6 rings (SSSR count). The first-order valence-corrected chi connectivity index (χ1v) is 14.0. The highest BCUT2D eigenvalue weighted by molar-refractivity contribution is 5.88. The Morgan fingerprint density at radius 3 is 2.68 bits per heavy atom. The number of nitrogens with zero attached hydrogens (tertiary/aromatic N) is 4. The van der Waals surface area contributed by atoms with Crippen LogP contribution in [0.4, 0.5) is 4.39 Å². The van der Waals surface area contributed by atoms with Crippen LogP contribution in [0.15, 0.2) is 65.5 Å². The third-order valence-corrected chi connectivity index (χ3v) is 8.69. The number of piperidine rings is 2. The largest absolute Gasteiger partial charge is 0.384 e. The lowest BCUT2D eigenvalue weighted by molar-refractivity contribution is -0.128. The van der Waals surface area contributed by atoms with E-state index in [4.69, 9.17) is 4.52 Å². The number of fused-ring (bicyclic) bond motifs is 1. The van der Waals surface area contributed by atoms with Crippen molar-refractivity contribution in [3.05, 3.63) is 89.3 Å². The Morgan fingerprint density at radius 2 is 2.00 bits per heavy atom. The van der Waals surface area contributed by atoms with E-state index in [0.29, 0.717) is 72.8 Å². The van der Waals surface area contributed by atoms with Gasteiger partial charge in [0.1, 0.15) is 5.82 Å². The first-order chi connectivity index (χ1) is 19.5. The second kappa shape index (κ2) is 10.2. The van der Waals surface area contributed by atoms with Gasteiger partial charge in [-0.2, -0.15) is 4.98 Å². The normalized spacial score (nSPS) is 23.1. The summed E-state index contributed by atoms with van der Waals surface area (Å²) in [6, 6.07) is 13.2. The molecule has 2 N–H and O–H groups in total. The number of nitrogens with one attached hydrogen (secondary N) is 1. The van der Waals surface area contributed by atoms with E-state index in [0.717, 1.165) is 11.1 Å². The summed E-state index contributed by atoms with van der Waals surface area (Å²) in [5.74, 6) is 0.0498. The molecule has 2 aliphatic heterocycles. The van der Waals surface area contributed by atoms with Gasteiger partial charge >= 0.3 is 0 Å². The second-order valence-corrected chi connectivity index (χ2v) is 12.0. The average Bonchev–Trinajstić information content (AvgIpc) is 3.37. The number of allylic oxidation sites excluding steroid dienone is 1. The number of likely N-dealkylation sites (tertiary alicyclic amines) is 1. The highest BCUT2D eigenvalue weighted by atomic mass is 19.1. The lowest BCUT2D eigenvalue weighted by Gasteiger charge is -2.50. The minimum Gasteiger partial charge on any atom is -0.384 e. The SMILES string of the molecule is C=C1CCC(c2cnc3ccc([C@]4(O)CCN(Cc5ccc(-c6noc(C)n6)cc5)CC4(C)C)c(F)c3c2)C(=O)N1. The van der Waals surface area contributed by atoms with Crippen molar-refractivity contribution in [1.82, 2.24) is 25.3 Å². The van der Waals surface area contributed by atoms with Gasteiger partial charge in [0.25, 0.3) is 0 Å². The van der Waals surface area contributed by atoms with E-state index in [-0.39, 0.29) is 11.5 Å². The fraction of sp³-hybridized carbons (Fsp3) is 0.375. The number of hydrogen-bond donors (Lipinski definition) is 2. The van der Waals surface area contributed by atoms with E-state index >= 15 is 4.39 Å². The fourth-order valence-corrected chi connectivity index (χ4v) is 6.28. The van der Waals surface area contributed by atoms with Crippen LogP contribution in [0.5, 0.6) is 0 Å². The maximum Gasteiger partial charge on any atom is 0.231 e. The topological polar surface area (TPSA) is 104 Å². The van der Waals surface area contributed by atoms with Gasteiger partial charge in [-0.3, -0.25) is 14.7 Å². The van der Waals surface area contributed by atoms with Crippen molar-refractivity contribution in [2.45, 2.75) is 58.1 Å². The number of halogens is 1. The molecule has 0 bridgehead atoms. The Hall–Kier alpha value is -3.95. The molecule has 0 radical (unpaired) electrons. The van der Waals surface area contributed by atoms with Crippen LogP contribution in [0.2, 0.25) is 0 Å². The molecule has 2 aromatic carbocycles. The van der Waals surface area contributed by atoms with Gasteiger partial charge in [0, 0.05) is 60.4 Å². The molecule has 2 aromatic heterocycles. The maximum atomic E-state index is 16.2. The van der Waals surface area contributed by atoms with E-state index in [1.54, 1.807) is 31.3 Å². The second-order valence-electron chi connectivity index (χ2n) is 12.0. The minimum absolute atomic E-state index is 0.148. The van der Waals surface area contributed by atoms with Crippen LogP contribution in [-0.2, 0) is 16.9 Å². The Balaban J connectivity index is 1.23. The average molecular weight is 556 g/mol. The molecule has 41 heavy (non-hydrogen) atoms. The molecule has 4 heterocycles. The summed E-state index contributed by atoms with van der Waals surface area (Å²) in [4.78, 5) is 23.6. The van der Waals surface area contributed by atoms with Gasteiger partial charge in [-0.15, -0.1) is 0 Å². The van der Waals surface area contributed by atoms with E-state index < -0.39 is 22.8 Å². The molecule has 8 nitrogen and oxygen atoms in total. The number of aliphatic hydroxyl groups is 1. The lowest BCUT2D eigenvalue weighted by Crippen LogP contribution is -2.55. The molecule has 0 saturated carbocycles. The minimum atomic E-state index is -1.38. The summed E-state index contributed by atoms with van der Waals surface area (Å²) >= 11 is 0. The van der Waals surface area contributed by atoms with Gasteiger partial charge in [0.15, 0.2) is 0 Å². The number of carbonyl (C=O) groups excluding carboxylic acids is 1. The standard InChI is InChI=1S/C32H34FN5O3/c1-19-5-10-24(30(39)35-19)23-15-25-27(34-16-23)12-11-26(28(25)33)32(40)13-14-38(18-31(32,3)4)17-21-6-8-22(9-7-21)29-36-20(2)41-37-29/h6-9,11-12,15-16,24,40H,1,5,10,13-14,17-18H2,2-4H3,(H,35,39)/t24?,32-/m1/s1. The van der Waals surface area contributed by atoms with Crippen molar-refractivity contribution >= 4 is 16.8 Å². The van der Waals surface area contributed by atoms with Gasteiger partial charge < -0.3 is 14.9 Å². The van der Waals surface area contributed by atoms with Crippen LogP contribution in [-0.4, -0.2) is 44.1 Å². The number of pyridine rings is 1. The van der Waals surface area contributed by atoms with Crippen molar-refractivity contribution in [2.24, 2.45) is 5.41 Å². The molecular weight excluding hydrogens is 521 g/mol. The van der Waals surface area contributed by atoms with Gasteiger partial charge in [-0.05, 0) is 42.5 Å². The predicted molar refractivity (Wildman–Crippen MR) is 153 cm³/mol. The maximum absolute atomic E-state index is 16.2. The molecule has 2 saturated heterocycles. The summed E-state index contributed by atoms with van der Waals surface area (Å²) in [7, 11) is 0. The highest BCUT2D eigenvalue weighted by Crippen LogP contribution is 2.48. The number of aromatic nitrogens is 3. The van der Waals surface area contributed by atoms with Gasteiger partial charge in [-0.1, -0.05) is 55.9 Å². The smallest absolute Gasteiger partial charge is 0.231 e. The summed E-state index contributed by atoms with van der Waals surface area (Å²) in [5, 5.41) is 19.2. The van der Waals surface area contributed by atoms with Crippen molar-refractivity contribution in [3.8, 4) is 11.4 Å². The van der Waals surface area contributed by atoms with Crippen LogP contribution < -0.4 is 5.32 Å². The molecule has 1 unspecified atom stereocenters. The van der Waals surface area contributed by atoms with Crippen molar-refractivity contribution in [3.63, 3.8) is 0 Å². The number of aryl methyl sites for hydroxylation is 1. The quantitative estimate of drug-likeness (QED) is 0.342. The first kappa shape index (κ1) is 27.2. The molecule has 0 aliphatic carbocycles. The van der Waals surface area contributed by atoms with Crippen LogP contribution in [0.1, 0.15) is 61.6 Å². The van der Waals surface area contributed by atoms with Crippen LogP contribution in [0, 0.1) is 18.2 Å². The zero-order chi connectivity index (χ0) is 28.9. The number of amides is 1. The van der Waals surface area contributed by atoms with E-state index in [1.165, 1.54) is 0 Å². The summed E-state index contributed by atoms with van der Waals surface area (Å²) in [6.45, 7) is 11.5. The van der Waals surface area contributed by atoms with E-state index in [2.05, 4.69) is 31.9 Å². The summed E-state index contributed by atoms with van der Waals surface area (Å²) in [5.41, 5.74) is 2.12. The van der Waals surface area contributed by atoms with Crippen molar-refractivity contribution < 1.29 is 18.8 Å². The number of benzene rings is 2. The number of rotatable bonds is 5. The Kier molecular flexibility index (Phi) is 6.74. The number of hydrogen-bond acceptors (Lipinski definition) is 7. The van der Waals surface area contributed by atoms with Crippen molar-refractivity contribution in [2.75, 3.05) is 13.1 Å². The molecule has 0 spiro atoms. The molecule has 2 fully saturated rings. The van der Waals surface area contributed by atoms with E-state index in [1.807, 2.05) is 38.1 Å². The summed E-state index contributed by atoms with van der Waals surface area (Å²) < 4.78 is 21.3. The molecule has 4 aromatic rings. The fourth-order valence-electron chi connectivity index (χ4n) is 6.28.